The Morgan fingerprint density at radius 2 is 1.91 bits per heavy atom. The van der Waals surface area contributed by atoms with Gasteiger partial charge in [0.2, 0.25) is 0 Å². The normalized spacial score (nSPS) is 23.8. The number of hydrogen-bond donors (Lipinski definition) is 0. The van der Waals surface area contributed by atoms with Crippen LogP contribution in [0.4, 0.5) is 4.79 Å². The molecule has 0 radical (unpaired) electrons. The molecule has 0 aliphatic carbocycles. The lowest BCUT2D eigenvalue weighted by molar-refractivity contribution is 0.00695. The molecule has 0 N–H and O–H groups in total. The zero-order valence-electron chi connectivity index (χ0n) is 13.7. The third-order valence-electron chi connectivity index (χ3n) is 4.98. The lowest BCUT2D eigenvalue weighted by atomic mass is 10.1. The first-order valence-corrected chi connectivity index (χ1v) is 9.38. The first kappa shape index (κ1) is 16.8. The summed E-state index contributed by atoms with van der Waals surface area (Å²) in [5.41, 5.74) is 1.14. The molecule has 1 amide bonds. The van der Waals surface area contributed by atoms with E-state index in [4.69, 9.17) is 4.74 Å². The van der Waals surface area contributed by atoms with Crippen LogP contribution in [-0.4, -0.2) is 48.2 Å². The second kappa shape index (κ2) is 7.67. The highest BCUT2D eigenvalue weighted by molar-refractivity contribution is 9.10. The predicted molar refractivity (Wildman–Crippen MR) is 94.4 cm³/mol. The van der Waals surface area contributed by atoms with Crippen LogP contribution in [0.2, 0.25) is 0 Å². The van der Waals surface area contributed by atoms with E-state index in [1.54, 1.807) is 0 Å². The van der Waals surface area contributed by atoms with Crippen LogP contribution in [0, 0.1) is 0 Å². The van der Waals surface area contributed by atoms with Crippen molar-refractivity contribution in [3.8, 4) is 0 Å². The van der Waals surface area contributed by atoms with E-state index in [1.165, 1.54) is 25.9 Å². The zero-order chi connectivity index (χ0) is 16.2. The standard InChI is InChI=1S/C18H25BrN2O2/c1-14(15-4-6-16(19)7-5-15)21-13-9-17(23-18(21)22)8-12-20-10-2-3-11-20/h4-7,14,17H,2-3,8-13H2,1H3. The van der Waals surface area contributed by atoms with Crippen molar-refractivity contribution in [3.05, 3.63) is 34.3 Å². The summed E-state index contributed by atoms with van der Waals surface area (Å²) in [6.07, 6.45) is 4.42. The van der Waals surface area contributed by atoms with Gasteiger partial charge in [-0.15, -0.1) is 0 Å². The summed E-state index contributed by atoms with van der Waals surface area (Å²) in [6.45, 7) is 6.30. The lowest BCUT2D eigenvalue weighted by Gasteiger charge is -2.36. The number of carbonyl (C=O) groups excluding carboxylic acids is 1. The van der Waals surface area contributed by atoms with Crippen LogP contribution in [-0.2, 0) is 4.74 Å². The molecule has 2 saturated heterocycles. The number of amides is 1. The topological polar surface area (TPSA) is 32.8 Å². The highest BCUT2D eigenvalue weighted by atomic mass is 79.9. The molecule has 1 aromatic carbocycles. The maximum Gasteiger partial charge on any atom is 0.410 e. The average molecular weight is 381 g/mol. The molecule has 0 bridgehead atoms. The van der Waals surface area contributed by atoms with Crippen LogP contribution < -0.4 is 0 Å². The Kier molecular flexibility index (Phi) is 5.59. The number of ether oxygens (including phenoxy) is 1. The molecule has 2 heterocycles. The quantitative estimate of drug-likeness (QED) is 0.766. The average Bonchev–Trinajstić information content (AvgIpc) is 3.06. The van der Waals surface area contributed by atoms with Crippen molar-refractivity contribution in [1.29, 1.82) is 0 Å². The first-order valence-electron chi connectivity index (χ1n) is 8.58. The number of halogens is 1. The number of cyclic esters (lactones) is 1. The largest absolute Gasteiger partial charge is 0.446 e. The number of hydrogen-bond acceptors (Lipinski definition) is 3. The minimum atomic E-state index is -0.168. The van der Waals surface area contributed by atoms with Gasteiger partial charge in [0, 0.05) is 24.0 Å². The van der Waals surface area contributed by atoms with Crippen molar-refractivity contribution in [3.63, 3.8) is 0 Å². The fraction of sp³-hybridized carbons (Fsp3) is 0.611. The van der Waals surface area contributed by atoms with Gasteiger partial charge < -0.3 is 14.5 Å². The van der Waals surface area contributed by atoms with Crippen molar-refractivity contribution in [2.24, 2.45) is 0 Å². The summed E-state index contributed by atoms with van der Waals surface area (Å²) in [6, 6.07) is 8.19. The number of nitrogens with zero attached hydrogens (tertiary/aromatic N) is 2. The zero-order valence-corrected chi connectivity index (χ0v) is 15.3. The van der Waals surface area contributed by atoms with Gasteiger partial charge in [-0.1, -0.05) is 28.1 Å². The van der Waals surface area contributed by atoms with Crippen LogP contribution in [0.5, 0.6) is 0 Å². The molecule has 1 aromatic rings. The number of likely N-dealkylation sites (tertiary alicyclic amines) is 1. The fourth-order valence-corrected chi connectivity index (χ4v) is 3.72. The molecule has 0 spiro atoms. The van der Waals surface area contributed by atoms with Gasteiger partial charge >= 0.3 is 6.09 Å². The molecule has 2 fully saturated rings. The molecule has 2 aliphatic heterocycles. The Morgan fingerprint density at radius 3 is 2.57 bits per heavy atom. The minimum Gasteiger partial charge on any atom is -0.446 e. The highest BCUT2D eigenvalue weighted by Gasteiger charge is 2.31. The molecule has 0 saturated carbocycles. The second-order valence-corrected chi connectivity index (χ2v) is 7.47. The van der Waals surface area contributed by atoms with E-state index >= 15 is 0 Å². The van der Waals surface area contributed by atoms with Gasteiger partial charge in [-0.2, -0.15) is 0 Å². The van der Waals surface area contributed by atoms with E-state index in [0.29, 0.717) is 0 Å². The van der Waals surface area contributed by atoms with E-state index in [0.717, 1.165) is 36.0 Å². The summed E-state index contributed by atoms with van der Waals surface area (Å²) in [5.74, 6) is 0. The Hall–Kier alpha value is -1.07. The SMILES string of the molecule is CC(c1ccc(Br)cc1)N1CCC(CCN2CCCC2)OC1=O. The van der Waals surface area contributed by atoms with Gasteiger partial charge in [-0.3, -0.25) is 0 Å². The Morgan fingerprint density at radius 1 is 1.22 bits per heavy atom. The van der Waals surface area contributed by atoms with E-state index in [2.05, 4.69) is 39.9 Å². The minimum absolute atomic E-state index is 0.0510. The Bertz CT molecular complexity index is 528. The maximum atomic E-state index is 12.4. The molecule has 126 valence electrons. The molecule has 2 aliphatic rings. The third-order valence-corrected chi connectivity index (χ3v) is 5.51. The van der Waals surface area contributed by atoms with Crippen LogP contribution in [0.1, 0.15) is 44.2 Å². The van der Waals surface area contributed by atoms with Gasteiger partial charge in [0.1, 0.15) is 6.10 Å². The second-order valence-electron chi connectivity index (χ2n) is 6.55. The summed E-state index contributed by atoms with van der Waals surface area (Å²) >= 11 is 3.45. The molecule has 5 heteroatoms. The summed E-state index contributed by atoms with van der Waals surface area (Å²) < 4.78 is 6.73. The lowest BCUT2D eigenvalue weighted by Crippen LogP contribution is -2.44. The van der Waals surface area contributed by atoms with Crippen molar-refractivity contribution in [1.82, 2.24) is 9.80 Å². The van der Waals surface area contributed by atoms with E-state index in [1.807, 2.05) is 17.0 Å². The highest BCUT2D eigenvalue weighted by Crippen LogP contribution is 2.27. The molecule has 4 nitrogen and oxygen atoms in total. The molecular formula is C18H25BrN2O2. The number of carbonyl (C=O) groups is 1. The smallest absolute Gasteiger partial charge is 0.410 e. The Balaban J connectivity index is 1.51. The van der Waals surface area contributed by atoms with E-state index in [9.17, 15) is 4.79 Å². The van der Waals surface area contributed by atoms with E-state index < -0.39 is 0 Å². The molecule has 0 aromatic heterocycles. The summed E-state index contributed by atoms with van der Waals surface area (Å²) in [7, 11) is 0. The van der Waals surface area contributed by atoms with Crippen LogP contribution in [0.15, 0.2) is 28.7 Å². The van der Waals surface area contributed by atoms with E-state index in [-0.39, 0.29) is 18.2 Å². The van der Waals surface area contributed by atoms with Crippen molar-refractivity contribution < 1.29 is 9.53 Å². The fourth-order valence-electron chi connectivity index (χ4n) is 3.45. The van der Waals surface area contributed by atoms with Crippen molar-refractivity contribution in [2.45, 2.75) is 44.8 Å². The number of rotatable bonds is 5. The molecule has 2 atom stereocenters. The first-order chi connectivity index (χ1) is 11.1. The molecular weight excluding hydrogens is 356 g/mol. The summed E-state index contributed by atoms with van der Waals surface area (Å²) in [4.78, 5) is 16.7. The number of benzene rings is 1. The monoisotopic (exact) mass is 380 g/mol. The molecule has 2 unspecified atom stereocenters. The summed E-state index contributed by atoms with van der Waals surface area (Å²) in [5, 5.41) is 0. The van der Waals surface area contributed by atoms with Crippen LogP contribution >= 0.6 is 15.9 Å². The van der Waals surface area contributed by atoms with Crippen LogP contribution in [0.25, 0.3) is 0 Å². The van der Waals surface area contributed by atoms with Gasteiger partial charge in [0.05, 0.1) is 6.04 Å². The maximum absolute atomic E-state index is 12.4. The van der Waals surface area contributed by atoms with Gasteiger partial charge in [0.25, 0.3) is 0 Å². The van der Waals surface area contributed by atoms with Gasteiger partial charge in [-0.25, -0.2) is 4.79 Å². The van der Waals surface area contributed by atoms with Crippen LogP contribution in [0.3, 0.4) is 0 Å². The molecule has 3 rings (SSSR count). The third kappa shape index (κ3) is 4.27. The molecule has 23 heavy (non-hydrogen) atoms. The predicted octanol–water partition coefficient (Wildman–Crippen LogP) is 4.21. The van der Waals surface area contributed by atoms with Crippen molar-refractivity contribution >= 4 is 22.0 Å². The van der Waals surface area contributed by atoms with Gasteiger partial charge in [-0.05, 0) is 57.0 Å². The Labute approximate surface area is 146 Å². The van der Waals surface area contributed by atoms with Crippen molar-refractivity contribution in [2.75, 3.05) is 26.2 Å². The van der Waals surface area contributed by atoms with Gasteiger partial charge in [0.15, 0.2) is 0 Å².